The molecule has 1 heterocycles. The number of hydrogen-bond acceptors (Lipinski definition) is 4. The monoisotopic (exact) mass is 329 g/mol. The molecule has 1 amide bonds. The molecular formula is C18H23N3O3. The molecule has 0 atom stereocenters. The molecule has 0 unspecified atom stereocenters. The molecule has 0 radical (unpaired) electrons. The van der Waals surface area contributed by atoms with Crippen LogP contribution in [0.25, 0.3) is 11.3 Å². The number of aliphatic hydroxyl groups is 1. The minimum Gasteiger partial charge on any atom is -0.388 e. The van der Waals surface area contributed by atoms with Gasteiger partial charge in [-0.05, 0) is 18.9 Å². The van der Waals surface area contributed by atoms with E-state index in [0.717, 1.165) is 10.2 Å². The molecule has 1 aromatic heterocycles. The highest BCUT2D eigenvalue weighted by molar-refractivity contribution is 5.75. The lowest BCUT2D eigenvalue weighted by Crippen LogP contribution is -2.44. The van der Waals surface area contributed by atoms with Crippen LogP contribution >= 0.6 is 0 Å². The van der Waals surface area contributed by atoms with E-state index in [1.54, 1.807) is 6.07 Å². The summed E-state index contributed by atoms with van der Waals surface area (Å²) in [5.41, 5.74) is 0.241. The topological polar surface area (TPSA) is 84.2 Å². The van der Waals surface area contributed by atoms with Crippen molar-refractivity contribution in [1.82, 2.24) is 15.1 Å². The second kappa shape index (κ2) is 7.88. The van der Waals surface area contributed by atoms with Crippen LogP contribution in [-0.2, 0) is 11.3 Å². The molecule has 0 spiro atoms. The third kappa shape index (κ3) is 4.52. The quantitative estimate of drug-likeness (QED) is 0.808. The van der Waals surface area contributed by atoms with E-state index >= 15 is 0 Å². The van der Waals surface area contributed by atoms with Gasteiger partial charge < -0.3 is 10.4 Å². The zero-order valence-electron chi connectivity index (χ0n) is 14.0. The van der Waals surface area contributed by atoms with Gasteiger partial charge in [-0.1, -0.05) is 44.2 Å². The van der Waals surface area contributed by atoms with Crippen LogP contribution < -0.4 is 10.9 Å². The summed E-state index contributed by atoms with van der Waals surface area (Å²) in [6.45, 7) is 3.71. The van der Waals surface area contributed by atoms with Gasteiger partial charge in [-0.3, -0.25) is 9.59 Å². The maximum atomic E-state index is 12.1. The van der Waals surface area contributed by atoms with Gasteiger partial charge in [-0.2, -0.15) is 5.10 Å². The molecule has 128 valence electrons. The Balaban J connectivity index is 2.09. The summed E-state index contributed by atoms with van der Waals surface area (Å²) in [6.07, 6.45) is 1.09. The molecule has 0 saturated carbocycles. The highest BCUT2D eigenvalue weighted by Crippen LogP contribution is 2.14. The largest absolute Gasteiger partial charge is 0.388 e. The number of carbonyl (C=O) groups is 1. The second-order valence-corrected chi connectivity index (χ2v) is 5.79. The number of carbonyl (C=O) groups excluding carboxylic acids is 1. The van der Waals surface area contributed by atoms with Crippen LogP contribution in [0.5, 0.6) is 0 Å². The highest BCUT2D eigenvalue weighted by atomic mass is 16.3. The van der Waals surface area contributed by atoms with E-state index < -0.39 is 5.60 Å². The maximum Gasteiger partial charge on any atom is 0.267 e. The van der Waals surface area contributed by atoms with Crippen molar-refractivity contribution in [3.8, 4) is 11.3 Å². The van der Waals surface area contributed by atoms with E-state index in [-0.39, 0.29) is 24.6 Å². The SMILES string of the molecule is CCC(O)(CC)CNC(=O)Cn1nc(-c2ccccc2)ccc1=O. The first kappa shape index (κ1) is 17.9. The number of aromatic nitrogens is 2. The van der Waals surface area contributed by atoms with Crippen molar-refractivity contribution >= 4 is 5.91 Å². The van der Waals surface area contributed by atoms with Crippen molar-refractivity contribution in [2.45, 2.75) is 38.8 Å². The molecule has 0 saturated heterocycles. The number of nitrogens with one attached hydrogen (secondary N) is 1. The van der Waals surface area contributed by atoms with E-state index in [1.807, 2.05) is 44.2 Å². The summed E-state index contributed by atoms with van der Waals surface area (Å²) in [6, 6.07) is 12.5. The Labute approximate surface area is 141 Å². The molecule has 2 aromatic rings. The molecule has 1 aromatic carbocycles. The Hall–Kier alpha value is -2.47. The second-order valence-electron chi connectivity index (χ2n) is 5.79. The smallest absolute Gasteiger partial charge is 0.267 e. The minimum absolute atomic E-state index is 0.159. The van der Waals surface area contributed by atoms with E-state index in [9.17, 15) is 14.7 Å². The van der Waals surface area contributed by atoms with Crippen LogP contribution in [0.4, 0.5) is 0 Å². The van der Waals surface area contributed by atoms with Crippen molar-refractivity contribution in [2.24, 2.45) is 0 Å². The van der Waals surface area contributed by atoms with Gasteiger partial charge in [0, 0.05) is 18.2 Å². The fourth-order valence-electron chi connectivity index (χ4n) is 2.28. The van der Waals surface area contributed by atoms with Crippen LogP contribution in [-0.4, -0.2) is 32.9 Å². The minimum atomic E-state index is -0.917. The van der Waals surface area contributed by atoms with Gasteiger partial charge in [0.1, 0.15) is 6.54 Å². The zero-order chi connectivity index (χ0) is 17.6. The molecule has 24 heavy (non-hydrogen) atoms. The lowest BCUT2D eigenvalue weighted by molar-refractivity contribution is -0.123. The molecule has 6 nitrogen and oxygen atoms in total. The first-order valence-electron chi connectivity index (χ1n) is 8.10. The van der Waals surface area contributed by atoms with Crippen LogP contribution in [0, 0.1) is 0 Å². The maximum absolute atomic E-state index is 12.1. The predicted molar refractivity (Wildman–Crippen MR) is 92.5 cm³/mol. The van der Waals surface area contributed by atoms with E-state index in [4.69, 9.17) is 0 Å². The van der Waals surface area contributed by atoms with Gasteiger partial charge in [0.15, 0.2) is 0 Å². The average Bonchev–Trinajstić information content (AvgIpc) is 2.62. The van der Waals surface area contributed by atoms with Crippen molar-refractivity contribution in [3.05, 3.63) is 52.8 Å². The third-order valence-electron chi connectivity index (χ3n) is 4.16. The molecule has 0 aliphatic carbocycles. The third-order valence-corrected chi connectivity index (χ3v) is 4.16. The number of amides is 1. The number of nitrogens with zero attached hydrogens (tertiary/aromatic N) is 2. The van der Waals surface area contributed by atoms with Gasteiger partial charge in [0.25, 0.3) is 5.56 Å². The standard InChI is InChI=1S/C18H23N3O3/c1-3-18(24,4-2)13-19-16(22)12-21-17(23)11-10-15(20-21)14-8-6-5-7-9-14/h5-11,24H,3-4,12-13H2,1-2H3,(H,19,22). The Kier molecular flexibility index (Phi) is 5.87. The summed E-state index contributed by atoms with van der Waals surface area (Å²) in [5.74, 6) is -0.352. The Morgan fingerprint density at radius 1 is 1.17 bits per heavy atom. The van der Waals surface area contributed by atoms with Gasteiger partial charge in [0.2, 0.25) is 5.91 Å². The molecule has 2 rings (SSSR count). The first-order chi connectivity index (χ1) is 11.5. The summed E-state index contributed by atoms with van der Waals surface area (Å²) in [5, 5.41) is 17.1. The van der Waals surface area contributed by atoms with Crippen molar-refractivity contribution in [2.75, 3.05) is 6.54 Å². The van der Waals surface area contributed by atoms with E-state index in [0.29, 0.717) is 18.5 Å². The molecule has 0 aliphatic rings. The van der Waals surface area contributed by atoms with Crippen LogP contribution in [0.3, 0.4) is 0 Å². The molecular weight excluding hydrogens is 306 g/mol. The van der Waals surface area contributed by atoms with Crippen LogP contribution in [0.15, 0.2) is 47.3 Å². The highest BCUT2D eigenvalue weighted by Gasteiger charge is 2.22. The Morgan fingerprint density at radius 3 is 2.46 bits per heavy atom. The van der Waals surface area contributed by atoms with Gasteiger partial charge in [-0.15, -0.1) is 0 Å². The van der Waals surface area contributed by atoms with Gasteiger partial charge in [-0.25, -0.2) is 4.68 Å². The fraction of sp³-hybridized carbons (Fsp3) is 0.389. The number of hydrogen-bond donors (Lipinski definition) is 2. The van der Waals surface area contributed by atoms with Gasteiger partial charge in [0.05, 0.1) is 11.3 Å². The van der Waals surface area contributed by atoms with Crippen molar-refractivity contribution < 1.29 is 9.90 Å². The predicted octanol–water partition coefficient (Wildman–Crippen LogP) is 1.58. The Morgan fingerprint density at radius 2 is 1.83 bits per heavy atom. The Bertz CT molecular complexity index is 737. The van der Waals surface area contributed by atoms with Crippen LogP contribution in [0.2, 0.25) is 0 Å². The number of benzene rings is 1. The molecule has 2 N–H and O–H groups in total. The number of rotatable bonds is 7. The van der Waals surface area contributed by atoms with E-state index in [1.165, 1.54) is 6.07 Å². The summed E-state index contributed by atoms with van der Waals surface area (Å²) < 4.78 is 1.13. The normalized spacial score (nSPS) is 11.3. The fourth-order valence-corrected chi connectivity index (χ4v) is 2.28. The molecule has 6 heteroatoms. The van der Waals surface area contributed by atoms with Crippen molar-refractivity contribution in [1.29, 1.82) is 0 Å². The summed E-state index contributed by atoms with van der Waals surface area (Å²) in [7, 11) is 0. The summed E-state index contributed by atoms with van der Waals surface area (Å²) >= 11 is 0. The molecule has 0 aliphatic heterocycles. The molecule has 0 bridgehead atoms. The average molecular weight is 329 g/mol. The molecule has 0 fully saturated rings. The van der Waals surface area contributed by atoms with Crippen LogP contribution in [0.1, 0.15) is 26.7 Å². The zero-order valence-corrected chi connectivity index (χ0v) is 14.0. The summed E-state index contributed by atoms with van der Waals surface area (Å²) in [4.78, 5) is 24.0. The van der Waals surface area contributed by atoms with Gasteiger partial charge >= 0.3 is 0 Å². The lowest BCUT2D eigenvalue weighted by atomic mass is 9.98. The first-order valence-corrected chi connectivity index (χ1v) is 8.10. The van der Waals surface area contributed by atoms with E-state index in [2.05, 4.69) is 10.4 Å². The van der Waals surface area contributed by atoms with Crippen molar-refractivity contribution in [3.63, 3.8) is 0 Å². The lowest BCUT2D eigenvalue weighted by Gasteiger charge is -2.25.